The second-order valence-electron chi connectivity index (χ2n) is 5.11. The number of hydrogen-bond acceptors (Lipinski definition) is 3. The maximum atomic E-state index is 12.3. The van der Waals surface area contributed by atoms with E-state index in [0.717, 1.165) is 12.0 Å². The molecule has 1 unspecified atom stereocenters. The minimum absolute atomic E-state index is 0.0657. The van der Waals surface area contributed by atoms with Crippen LogP contribution in [0, 0.1) is 6.92 Å². The molecular formula is C15H20N2O4. The summed E-state index contributed by atoms with van der Waals surface area (Å²) < 4.78 is 5.53. The molecule has 1 aliphatic heterocycles. The molecule has 1 fully saturated rings. The smallest absolute Gasteiger partial charge is 0.335 e. The number of aryl methyl sites for hydroxylation is 1. The fourth-order valence-corrected chi connectivity index (χ4v) is 2.23. The van der Waals surface area contributed by atoms with Crippen molar-refractivity contribution in [2.24, 2.45) is 0 Å². The van der Waals surface area contributed by atoms with Gasteiger partial charge in [-0.3, -0.25) is 0 Å². The molecule has 6 heteroatoms. The highest BCUT2D eigenvalue weighted by Crippen LogP contribution is 2.18. The molecule has 0 saturated carbocycles. The van der Waals surface area contributed by atoms with E-state index in [1.54, 1.807) is 11.0 Å². The Bertz CT molecular complexity index is 544. The molecule has 0 spiro atoms. The molecule has 1 aliphatic rings. The number of ether oxygens (including phenoxy) is 1. The number of urea groups is 1. The van der Waals surface area contributed by atoms with E-state index in [1.807, 2.05) is 13.8 Å². The highest BCUT2D eigenvalue weighted by molar-refractivity contribution is 5.94. The largest absolute Gasteiger partial charge is 0.478 e. The molecule has 0 aliphatic carbocycles. The normalized spacial score (nSPS) is 18.4. The van der Waals surface area contributed by atoms with Crippen molar-refractivity contribution in [3.05, 3.63) is 29.3 Å². The van der Waals surface area contributed by atoms with Crippen LogP contribution in [-0.2, 0) is 4.74 Å². The van der Waals surface area contributed by atoms with Crippen LogP contribution in [0.15, 0.2) is 18.2 Å². The number of benzene rings is 1. The summed E-state index contributed by atoms with van der Waals surface area (Å²) in [6.45, 7) is 5.47. The van der Waals surface area contributed by atoms with Gasteiger partial charge in [0.1, 0.15) is 0 Å². The average molecular weight is 292 g/mol. The van der Waals surface area contributed by atoms with Gasteiger partial charge in [-0.1, -0.05) is 13.0 Å². The van der Waals surface area contributed by atoms with Gasteiger partial charge in [0.25, 0.3) is 0 Å². The predicted octanol–water partition coefficient (Wildman–Crippen LogP) is 2.34. The lowest BCUT2D eigenvalue weighted by atomic mass is 10.1. The maximum absolute atomic E-state index is 12.3. The van der Waals surface area contributed by atoms with Crippen LogP contribution >= 0.6 is 0 Å². The van der Waals surface area contributed by atoms with Crippen LogP contribution in [-0.4, -0.2) is 47.8 Å². The van der Waals surface area contributed by atoms with Gasteiger partial charge in [0, 0.05) is 18.8 Å². The first-order chi connectivity index (χ1) is 10.0. The summed E-state index contributed by atoms with van der Waals surface area (Å²) in [5.74, 6) is -1.01. The summed E-state index contributed by atoms with van der Waals surface area (Å²) in [6, 6.07) is 4.47. The van der Waals surface area contributed by atoms with Crippen molar-refractivity contribution < 1.29 is 19.4 Å². The number of carbonyl (C=O) groups is 2. The van der Waals surface area contributed by atoms with Crippen LogP contribution in [0.4, 0.5) is 10.5 Å². The molecule has 1 atom stereocenters. The number of hydrogen-bond donors (Lipinski definition) is 2. The number of carboxylic acid groups (broad SMARTS) is 1. The topological polar surface area (TPSA) is 78.9 Å². The van der Waals surface area contributed by atoms with E-state index in [-0.39, 0.29) is 17.7 Å². The number of amides is 2. The summed E-state index contributed by atoms with van der Waals surface area (Å²) in [7, 11) is 0. The second kappa shape index (κ2) is 6.58. The molecule has 114 valence electrons. The van der Waals surface area contributed by atoms with E-state index in [4.69, 9.17) is 9.84 Å². The van der Waals surface area contributed by atoms with Crippen LogP contribution < -0.4 is 5.32 Å². The molecule has 1 heterocycles. The van der Waals surface area contributed by atoms with Crippen LogP contribution in [0.2, 0.25) is 0 Å². The first-order valence-electron chi connectivity index (χ1n) is 7.02. The third kappa shape index (κ3) is 3.72. The lowest BCUT2D eigenvalue weighted by molar-refractivity contribution is -0.0134. The van der Waals surface area contributed by atoms with Gasteiger partial charge >= 0.3 is 12.0 Å². The highest BCUT2D eigenvalue weighted by Gasteiger charge is 2.23. The fourth-order valence-electron chi connectivity index (χ4n) is 2.23. The maximum Gasteiger partial charge on any atom is 0.335 e. The first kappa shape index (κ1) is 15.3. The van der Waals surface area contributed by atoms with E-state index in [0.29, 0.717) is 25.4 Å². The number of anilines is 1. The van der Waals surface area contributed by atoms with E-state index < -0.39 is 5.97 Å². The summed E-state index contributed by atoms with van der Waals surface area (Å²) in [5, 5.41) is 11.8. The molecule has 6 nitrogen and oxygen atoms in total. The molecular weight excluding hydrogens is 272 g/mol. The van der Waals surface area contributed by atoms with Crippen molar-refractivity contribution in [3.8, 4) is 0 Å². The summed E-state index contributed by atoms with van der Waals surface area (Å²) in [4.78, 5) is 25.0. The summed E-state index contributed by atoms with van der Waals surface area (Å²) in [6.07, 6.45) is 0.924. The monoisotopic (exact) mass is 292 g/mol. The Balaban J connectivity index is 2.08. The van der Waals surface area contributed by atoms with Crippen molar-refractivity contribution in [2.75, 3.05) is 25.0 Å². The van der Waals surface area contributed by atoms with Gasteiger partial charge in [-0.05, 0) is 31.0 Å². The molecule has 21 heavy (non-hydrogen) atoms. The number of carbonyl (C=O) groups excluding carboxylic acids is 1. The van der Waals surface area contributed by atoms with Gasteiger partial charge in [0.2, 0.25) is 0 Å². The number of nitrogens with zero attached hydrogens (tertiary/aromatic N) is 1. The molecule has 2 N–H and O–H groups in total. The minimum atomic E-state index is -1.01. The minimum Gasteiger partial charge on any atom is -0.478 e. The zero-order valence-corrected chi connectivity index (χ0v) is 12.3. The summed E-state index contributed by atoms with van der Waals surface area (Å²) >= 11 is 0. The van der Waals surface area contributed by atoms with Gasteiger partial charge in [-0.2, -0.15) is 0 Å². The number of nitrogens with one attached hydrogen (secondary N) is 1. The number of rotatable bonds is 3. The Morgan fingerprint density at radius 2 is 2.24 bits per heavy atom. The molecule has 1 saturated heterocycles. The number of aromatic carboxylic acids is 1. The number of morpholine rings is 1. The lowest BCUT2D eigenvalue weighted by Gasteiger charge is -2.32. The van der Waals surface area contributed by atoms with Crippen LogP contribution in [0.5, 0.6) is 0 Å². The zero-order chi connectivity index (χ0) is 15.4. The summed E-state index contributed by atoms with van der Waals surface area (Å²) in [5.41, 5.74) is 1.51. The predicted molar refractivity (Wildman–Crippen MR) is 78.8 cm³/mol. The Hall–Kier alpha value is -2.08. The highest BCUT2D eigenvalue weighted by atomic mass is 16.5. The van der Waals surface area contributed by atoms with Gasteiger partial charge in [0.15, 0.2) is 0 Å². The van der Waals surface area contributed by atoms with Gasteiger partial charge < -0.3 is 20.1 Å². The quantitative estimate of drug-likeness (QED) is 0.896. The van der Waals surface area contributed by atoms with Crippen molar-refractivity contribution >= 4 is 17.7 Å². The van der Waals surface area contributed by atoms with Crippen molar-refractivity contribution in [2.45, 2.75) is 26.4 Å². The third-order valence-corrected chi connectivity index (χ3v) is 3.61. The Morgan fingerprint density at radius 1 is 1.48 bits per heavy atom. The van der Waals surface area contributed by atoms with E-state index >= 15 is 0 Å². The van der Waals surface area contributed by atoms with E-state index in [2.05, 4.69) is 5.32 Å². The molecule has 1 aromatic rings. The Kier molecular flexibility index (Phi) is 4.80. The standard InChI is InChI=1S/C15H20N2O4/c1-3-12-9-17(6-7-21-12)15(20)16-13-8-11(14(18)19)5-4-10(13)2/h4-5,8,12H,3,6-7,9H2,1-2H3,(H,16,20)(H,18,19). The first-order valence-corrected chi connectivity index (χ1v) is 7.02. The zero-order valence-electron chi connectivity index (χ0n) is 12.3. The van der Waals surface area contributed by atoms with E-state index in [1.165, 1.54) is 12.1 Å². The number of carboxylic acids is 1. The average Bonchev–Trinajstić information content (AvgIpc) is 2.49. The van der Waals surface area contributed by atoms with Crippen LogP contribution in [0.25, 0.3) is 0 Å². The SMILES string of the molecule is CCC1CN(C(=O)Nc2cc(C(=O)O)ccc2C)CCO1. The fraction of sp³-hybridized carbons (Fsp3) is 0.467. The van der Waals surface area contributed by atoms with Crippen molar-refractivity contribution in [3.63, 3.8) is 0 Å². The lowest BCUT2D eigenvalue weighted by Crippen LogP contribution is -2.47. The molecule has 0 radical (unpaired) electrons. The molecule has 2 amide bonds. The van der Waals surface area contributed by atoms with Crippen LogP contribution in [0.1, 0.15) is 29.3 Å². The van der Waals surface area contributed by atoms with Gasteiger partial charge in [-0.15, -0.1) is 0 Å². The van der Waals surface area contributed by atoms with Crippen LogP contribution in [0.3, 0.4) is 0 Å². The third-order valence-electron chi connectivity index (χ3n) is 3.61. The molecule has 2 rings (SSSR count). The van der Waals surface area contributed by atoms with Crippen molar-refractivity contribution in [1.29, 1.82) is 0 Å². The Labute approximate surface area is 123 Å². The molecule has 0 aromatic heterocycles. The van der Waals surface area contributed by atoms with Crippen molar-refractivity contribution in [1.82, 2.24) is 4.90 Å². The van der Waals surface area contributed by atoms with E-state index in [9.17, 15) is 9.59 Å². The second-order valence-corrected chi connectivity index (χ2v) is 5.11. The Morgan fingerprint density at radius 3 is 2.90 bits per heavy atom. The van der Waals surface area contributed by atoms with Gasteiger partial charge in [0.05, 0.1) is 18.3 Å². The molecule has 0 bridgehead atoms. The molecule has 1 aromatic carbocycles. The van der Waals surface area contributed by atoms with Gasteiger partial charge in [-0.25, -0.2) is 9.59 Å².